The van der Waals surface area contributed by atoms with Crippen molar-refractivity contribution in [3.63, 3.8) is 0 Å². The Hall–Kier alpha value is -0.780. The number of nitrogens with one attached hydrogen (secondary N) is 1. The molecule has 0 aliphatic carbocycles. The lowest BCUT2D eigenvalue weighted by atomic mass is 10.1. The first-order valence-electron chi connectivity index (χ1n) is 6.37. The fourth-order valence-corrected chi connectivity index (χ4v) is 3.35. The van der Waals surface area contributed by atoms with Gasteiger partial charge in [0.15, 0.2) is 0 Å². The van der Waals surface area contributed by atoms with Crippen LogP contribution < -0.4 is 11.3 Å². The van der Waals surface area contributed by atoms with Crippen LogP contribution >= 0.6 is 35.0 Å². The van der Waals surface area contributed by atoms with Crippen LogP contribution in [0.4, 0.5) is 4.39 Å². The Morgan fingerprint density at radius 3 is 2.57 bits per heavy atom. The van der Waals surface area contributed by atoms with Gasteiger partial charge in [-0.1, -0.05) is 41.4 Å². The van der Waals surface area contributed by atoms with Crippen LogP contribution in [0.5, 0.6) is 0 Å². The van der Waals surface area contributed by atoms with E-state index < -0.39 is 5.82 Å². The number of hydrogen-bond donors (Lipinski definition) is 2. The molecule has 6 heteroatoms. The Kier molecular flexibility index (Phi) is 6.33. The standard InChI is InChI=1S/C15H15Cl2FN2S/c16-12-3-1-2-4-15(12)21-9-11(20-19)7-10-5-6-14(18)13(17)8-10/h1-6,8,11,20H,7,9,19H2. The van der Waals surface area contributed by atoms with E-state index in [0.29, 0.717) is 6.42 Å². The minimum Gasteiger partial charge on any atom is -0.271 e. The summed E-state index contributed by atoms with van der Waals surface area (Å²) in [6.45, 7) is 0. The van der Waals surface area contributed by atoms with E-state index in [1.54, 1.807) is 23.9 Å². The highest BCUT2D eigenvalue weighted by Crippen LogP contribution is 2.27. The SMILES string of the molecule is NNC(CSc1ccccc1Cl)Cc1ccc(F)c(Cl)c1. The topological polar surface area (TPSA) is 38.0 Å². The zero-order chi connectivity index (χ0) is 15.2. The number of benzene rings is 2. The van der Waals surface area contributed by atoms with Gasteiger partial charge in [-0.3, -0.25) is 11.3 Å². The summed E-state index contributed by atoms with van der Waals surface area (Å²) < 4.78 is 13.1. The lowest BCUT2D eigenvalue weighted by Crippen LogP contribution is -2.38. The molecule has 2 aromatic rings. The smallest absolute Gasteiger partial charge is 0.141 e. The molecule has 2 rings (SSSR count). The van der Waals surface area contributed by atoms with Gasteiger partial charge in [-0.25, -0.2) is 4.39 Å². The third-order valence-electron chi connectivity index (χ3n) is 2.98. The highest BCUT2D eigenvalue weighted by atomic mass is 35.5. The van der Waals surface area contributed by atoms with Crippen molar-refractivity contribution in [3.05, 3.63) is 63.9 Å². The molecule has 2 aromatic carbocycles. The lowest BCUT2D eigenvalue weighted by Gasteiger charge is -2.16. The summed E-state index contributed by atoms with van der Waals surface area (Å²) in [7, 11) is 0. The number of thioether (sulfide) groups is 1. The van der Waals surface area contributed by atoms with E-state index in [2.05, 4.69) is 5.43 Å². The molecule has 1 atom stereocenters. The first kappa shape index (κ1) is 16.6. The number of rotatable bonds is 6. The fraction of sp³-hybridized carbons (Fsp3) is 0.200. The summed E-state index contributed by atoms with van der Waals surface area (Å²) in [6, 6.07) is 12.4. The van der Waals surface area contributed by atoms with Gasteiger partial charge in [0.2, 0.25) is 0 Å². The monoisotopic (exact) mass is 344 g/mol. The van der Waals surface area contributed by atoms with Crippen LogP contribution in [-0.2, 0) is 6.42 Å². The van der Waals surface area contributed by atoms with Gasteiger partial charge >= 0.3 is 0 Å². The minimum absolute atomic E-state index is 0.0350. The summed E-state index contributed by atoms with van der Waals surface area (Å²) in [5.41, 5.74) is 3.71. The Balaban J connectivity index is 1.97. The summed E-state index contributed by atoms with van der Waals surface area (Å²) in [5, 5.41) is 0.852. The second-order valence-electron chi connectivity index (χ2n) is 4.56. The van der Waals surface area contributed by atoms with E-state index in [4.69, 9.17) is 29.0 Å². The van der Waals surface area contributed by atoms with Gasteiger partial charge < -0.3 is 0 Å². The van der Waals surface area contributed by atoms with Gasteiger partial charge in [-0.05, 0) is 36.2 Å². The van der Waals surface area contributed by atoms with E-state index in [1.165, 1.54) is 6.07 Å². The van der Waals surface area contributed by atoms with Crippen molar-refractivity contribution in [3.8, 4) is 0 Å². The number of halogens is 3. The molecule has 0 aliphatic heterocycles. The number of hydrazine groups is 1. The predicted molar refractivity (Wildman–Crippen MR) is 88.4 cm³/mol. The van der Waals surface area contributed by atoms with Crippen LogP contribution in [0.2, 0.25) is 10.0 Å². The van der Waals surface area contributed by atoms with Crippen molar-refractivity contribution in [2.45, 2.75) is 17.4 Å². The molecule has 0 aromatic heterocycles. The van der Waals surface area contributed by atoms with Crippen LogP contribution in [0, 0.1) is 5.82 Å². The van der Waals surface area contributed by atoms with Crippen LogP contribution in [0.1, 0.15) is 5.56 Å². The average Bonchev–Trinajstić information content (AvgIpc) is 2.48. The fourth-order valence-electron chi connectivity index (χ4n) is 1.87. The van der Waals surface area contributed by atoms with Crippen molar-refractivity contribution < 1.29 is 4.39 Å². The van der Waals surface area contributed by atoms with E-state index in [-0.39, 0.29) is 11.1 Å². The molecule has 1 unspecified atom stereocenters. The number of hydrogen-bond acceptors (Lipinski definition) is 3. The van der Waals surface area contributed by atoms with E-state index in [1.807, 2.05) is 24.3 Å². The van der Waals surface area contributed by atoms with Crippen molar-refractivity contribution >= 4 is 35.0 Å². The highest BCUT2D eigenvalue weighted by Gasteiger charge is 2.11. The molecular weight excluding hydrogens is 330 g/mol. The zero-order valence-electron chi connectivity index (χ0n) is 11.2. The summed E-state index contributed by atoms with van der Waals surface area (Å²) >= 11 is 13.5. The molecule has 0 aliphatic rings. The Morgan fingerprint density at radius 1 is 1.14 bits per heavy atom. The quantitative estimate of drug-likeness (QED) is 0.466. The largest absolute Gasteiger partial charge is 0.271 e. The van der Waals surface area contributed by atoms with Crippen molar-refractivity contribution in [2.24, 2.45) is 5.84 Å². The average molecular weight is 345 g/mol. The molecule has 0 saturated carbocycles. The Morgan fingerprint density at radius 2 is 1.90 bits per heavy atom. The molecular formula is C15H15Cl2FN2S. The molecule has 0 saturated heterocycles. The van der Waals surface area contributed by atoms with Crippen LogP contribution in [0.15, 0.2) is 47.4 Å². The number of nitrogens with two attached hydrogens (primary N) is 1. The first-order valence-corrected chi connectivity index (χ1v) is 8.11. The van der Waals surface area contributed by atoms with Gasteiger partial charge in [-0.2, -0.15) is 0 Å². The second kappa shape index (κ2) is 8.01. The molecule has 21 heavy (non-hydrogen) atoms. The third kappa shape index (κ3) is 4.87. The second-order valence-corrected chi connectivity index (χ2v) is 6.43. The van der Waals surface area contributed by atoms with Gasteiger partial charge in [0, 0.05) is 16.7 Å². The van der Waals surface area contributed by atoms with Crippen LogP contribution in [0.25, 0.3) is 0 Å². The molecule has 2 nitrogen and oxygen atoms in total. The summed E-state index contributed by atoms with van der Waals surface area (Å²) in [6.07, 6.45) is 0.661. The van der Waals surface area contributed by atoms with Crippen molar-refractivity contribution in [1.29, 1.82) is 0 Å². The van der Waals surface area contributed by atoms with Gasteiger partial charge in [0.05, 0.1) is 10.0 Å². The lowest BCUT2D eigenvalue weighted by molar-refractivity contribution is 0.573. The summed E-state index contributed by atoms with van der Waals surface area (Å²) in [5.74, 6) is 5.92. The maximum atomic E-state index is 13.1. The molecule has 0 heterocycles. The van der Waals surface area contributed by atoms with Gasteiger partial charge in [0.25, 0.3) is 0 Å². The third-order valence-corrected chi connectivity index (χ3v) is 4.95. The van der Waals surface area contributed by atoms with E-state index in [9.17, 15) is 4.39 Å². The van der Waals surface area contributed by atoms with Crippen LogP contribution in [0.3, 0.4) is 0 Å². The van der Waals surface area contributed by atoms with Gasteiger partial charge in [-0.15, -0.1) is 11.8 Å². The van der Waals surface area contributed by atoms with Gasteiger partial charge in [0.1, 0.15) is 5.82 Å². The highest BCUT2D eigenvalue weighted by molar-refractivity contribution is 7.99. The van der Waals surface area contributed by atoms with Crippen LogP contribution in [-0.4, -0.2) is 11.8 Å². The molecule has 0 radical (unpaired) electrons. The van der Waals surface area contributed by atoms with E-state index >= 15 is 0 Å². The summed E-state index contributed by atoms with van der Waals surface area (Å²) in [4.78, 5) is 1.01. The first-order chi connectivity index (χ1) is 10.1. The maximum absolute atomic E-state index is 13.1. The molecule has 0 spiro atoms. The molecule has 0 bridgehead atoms. The molecule has 0 amide bonds. The van der Waals surface area contributed by atoms with Crippen molar-refractivity contribution in [1.82, 2.24) is 5.43 Å². The predicted octanol–water partition coefficient (Wildman–Crippen LogP) is 4.30. The maximum Gasteiger partial charge on any atom is 0.141 e. The molecule has 112 valence electrons. The van der Waals surface area contributed by atoms with Crippen molar-refractivity contribution in [2.75, 3.05) is 5.75 Å². The Bertz CT molecular complexity index is 610. The minimum atomic E-state index is -0.414. The van der Waals surface area contributed by atoms with E-state index in [0.717, 1.165) is 21.2 Å². The Labute approximate surface area is 137 Å². The molecule has 3 N–H and O–H groups in total. The normalized spacial score (nSPS) is 12.4. The zero-order valence-corrected chi connectivity index (χ0v) is 13.5. The molecule has 0 fully saturated rings.